The van der Waals surface area contributed by atoms with Gasteiger partial charge in [0.05, 0.1) is 12.1 Å². The molecule has 0 radical (unpaired) electrons. The van der Waals surface area contributed by atoms with Crippen LogP contribution in [-0.4, -0.2) is 43.3 Å². The van der Waals surface area contributed by atoms with E-state index in [-0.39, 0.29) is 11.8 Å². The van der Waals surface area contributed by atoms with Gasteiger partial charge in [0.2, 0.25) is 0 Å². The van der Waals surface area contributed by atoms with Crippen LogP contribution in [-0.2, 0) is 0 Å². The summed E-state index contributed by atoms with van der Waals surface area (Å²) in [5.74, 6) is 0.432. The van der Waals surface area contributed by atoms with Crippen LogP contribution in [0.4, 0.5) is 0 Å². The minimum atomic E-state index is 0.00528. The molecule has 1 atom stereocenters. The van der Waals surface area contributed by atoms with Crippen LogP contribution in [0.3, 0.4) is 0 Å². The highest BCUT2D eigenvalue weighted by molar-refractivity contribution is 6.32. The number of halogens is 1. The number of hydrogen-bond acceptors (Lipinski definition) is 4. The Morgan fingerprint density at radius 2 is 2.19 bits per heavy atom. The predicted octanol–water partition coefficient (Wildman–Crippen LogP) is 2.97. The number of aromatic hydroxyl groups is 1. The number of phenols is 1. The lowest BCUT2D eigenvalue weighted by Crippen LogP contribution is -2.45. The van der Waals surface area contributed by atoms with E-state index in [2.05, 4.69) is 16.8 Å². The fourth-order valence-corrected chi connectivity index (χ4v) is 2.99. The summed E-state index contributed by atoms with van der Waals surface area (Å²) < 4.78 is 5.22. The molecule has 5 heteroatoms. The van der Waals surface area contributed by atoms with Crippen molar-refractivity contribution in [1.29, 1.82) is 0 Å². The second-order valence-electron chi connectivity index (χ2n) is 5.22. The quantitative estimate of drug-likeness (QED) is 0.793. The van der Waals surface area contributed by atoms with Gasteiger partial charge in [0.1, 0.15) is 0 Å². The third-order valence-corrected chi connectivity index (χ3v) is 4.18. The summed E-state index contributed by atoms with van der Waals surface area (Å²) in [6, 6.07) is 3.99. The third kappa shape index (κ3) is 3.90. The molecule has 0 aliphatic carbocycles. The van der Waals surface area contributed by atoms with Gasteiger partial charge in [-0.25, -0.2) is 0 Å². The zero-order valence-electron chi connectivity index (χ0n) is 12.4. The molecule has 1 aliphatic heterocycles. The highest BCUT2D eigenvalue weighted by Crippen LogP contribution is 2.39. The number of nitrogens with zero attached hydrogens (tertiary/aromatic N) is 1. The van der Waals surface area contributed by atoms with E-state index in [4.69, 9.17) is 16.3 Å². The van der Waals surface area contributed by atoms with E-state index < -0.39 is 0 Å². The Kier molecular flexibility index (Phi) is 5.91. The zero-order valence-corrected chi connectivity index (χ0v) is 13.2. The SMILES string of the molecule is C=CCC[C@@H](c1cc(Cl)c(O)c(OC)c1)N1CCNCC1. The van der Waals surface area contributed by atoms with E-state index in [9.17, 15) is 5.11 Å². The maximum atomic E-state index is 9.89. The van der Waals surface area contributed by atoms with Gasteiger partial charge in [-0.05, 0) is 30.5 Å². The molecule has 1 aromatic rings. The largest absolute Gasteiger partial charge is 0.503 e. The van der Waals surface area contributed by atoms with Gasteiger partial charge in [-0.2, -0.15) is 0 Å². The van der Waals surface area contributed by atoms with Crippen LogP contribution < -0.4 is 10.1 Å². The minimum Gasteiger partial charge on any atom is -0.503 e. The molecule has 0 bridgehead atoms. The highest BCUT2D eigenvalue weighted by atomic mass is 35.5. The lowest BCUT2D eigenvalue weighted by molar-refractivity contribution is 0.166. The van der Waals surface area contributed by atoms with Crippen molar-refractivity contribution in [3.63, 3.8) is 0 Å². The van der Waals surface area contributed by atoms with Gasteiger partial charge in [-0.15, -0.1) is 6.58 Å². The number of rotatable bonds is 6. The van der Waals surface area contributed by atoms with Gasteiger partial charge < -0.3 is 15.2 Å². The van der Waals surface area contributed by atoms with Crippen LogP contribution in [0.15, 0.2) is 24.8 Å². The molecule has 0 spiro atoms. The number of ether oxygens (including phenoxy) is 1. The first-order valence-corrected chi connectivity index (χ1v) is 7.67. The van der Waals surface area contributed by atoms with Gasteiger partial charge in [-0.3, -0.25) is 4.90 Å². The summed E-state index contributed by atoms with van der Waals surface area (Å²) in [5.41, 5.74) is 1.08. The summed E-state index contributed by atoms with van der Waals surface area (Å²) in [4.78, 5) is 2.45. The second kappa shape index (κ2) is 7.69. The summed E-state index contributed by atoms with van der Waals surface area (Å²) in [6.45, 7) is 7.81. The Morgan fingerprint density at radius 1 is 1.48 bits per heavy atom. The Balaban J connectivity index is 2.30. The number of nitrogens with one attached hydrogen (secondary N) is 1. The summed E-state index contributed by atoms with van der Waals surface area (Å²) >= 11 is 6.13. The maximum Gasteiger partial charge on any atom is 0.176 e. The summed E-state index contributed by atoms with van der Waals surface area (Å²) in [6.07, 6.45) is 3.86. The van der Waals surface area contributed by atoms with E-state index in [1.54, 1.807) is 7.11 Å². The molecule has 1 saturated heterocycles. The Morgan fingerprint density at radius 3 is 2.81 bits per heavy atom. The van der Waals surface area contributed by atoms with Crippen molar-refractivity contribution >= 4 is 11.6 Å². The minimum absolute atomic E-state index is 0.00528. The van der Waals surface area contributed by atoms with Crippen molar-refractivity contribution in [3.05, 3.63) is 35.4 Å². The van der Waals surface area contributed by atoms with Crippen LogP contribution in [0.25, 0.3) is 0 Å². The molecule has 0 amide bonds. The van der Waals surface area contributed by atoms with E-state index in [1.165, 1.54) is 0 Å². The number of hydrogen-bond donors (Lipinski definition) is 2. The standard InChI is InChI=1S/C16H23ClN2O2/c1-3-4-5-14(19-8-6-18-7-9-19)12-10-13(17)16(20)15(11-12)21-2/h3,10-11,14,18,20H,1,4-9H2,2H3/t14-/m0/s1. The fraction of sp³-hybridized carbons (Fsp3) is 0.500. The Hall–Kier alpha value is -1.23. The molecule has 0 aromatic heterocycles. The number of piperazine rings is 1. The first kappa shape index (κ1) is 16.1. The zero-order chi connectivity index (χ0) is 15.2. The molecule has 2 rings (SSSR count). The van der Waals surface area contributed by atoms with Gasteiger partial charge in [0, 0.05) is 32.2 Å². The first-order chi connectivity index (χ1) is 10.2. The molecule has 1 fully saturated rings. The second-order valence-corrected chi connectivity index (χ2v) is 5.63. The van der Waals surface area contributed by atoms with E-state index in [0.29, 0.717) is 10.8 Å². The molecular weight excluding hydrogens is 288 g/mol. The first-order valence-electron chi connectivity index (χ1n) is 7.29. The van der Waals surface area contributed by atoms with E-state index in [1.807, 2.05) is 18.2 Å². The smallest absolute Gasteiger partial charge is 0.176 e. The normalized spacial score (nSPS) is 17.4. The number of methoxy groups -OCH3 is 1. The van der Waals surface area contributed by atoms with Crippen molar-refractivity contribution < 1.29 is 9.84 Å². The van der Waals surface area contributed by atoms with E-state index in [0.717, 1.165) is 44.6 Å². The van der Waals surface area contributed by atoms with Crippen LogP contribution in [0.5, 0.6) is 11.5 Å². The fourth-order valence-electron chi connectivity index (χ4n) is 2.77. The summed E-state index contributed by atoms with van der Waals surface area (Å²) in [5, 5.41) is 13.6. The van der Waals surface area contributed by atoms with Gasteiger partial charge >= 0.3 is 0 Å². The van der Waals surface area contributed by atoms with E-state index >= 15 is 0 Å². The van der Waals surface area contributed by atoms with Crippen LogP contribution in [0, 0.1) is 0 Å². The maximum absolute atomic E-state index is 9.89. The van der Waals surface area contributed by atoms with Gasteiger partial charge in [0.25, 0.3) is 0 Å². The lowest BCUT2D eigenvalue weighted by Gasteiger charge is -2.35. The molecule has 1 aliphatic rings. The number of allylic oxidation sites excluding steroid dienone is 1. The third-order valence-electron chi connectivity index (χ3n) is 3.89. The molecular formula is C16H23ClN2O2. The van der Waals surface area contributed by atoms with Crippen molar-refractivity contribution in [2.75, 3.05) is 33.3 Å². The Bertz CT molecular complexity index is 487. The average Bonchev–Trinajstić information content (AvgIpc) is 2.52. The van der Waals surface area contributed by atoms with Crippen LogP contribution in [0.2, 0.25) is 5.02 Å². The molecule has 2 N–H and O–H groups in total. The predicted molar refractivity (Wildman–Crippen MR) is 86.3 cm³/mol. The monoisotopic (exact) mass is 310 g/mol. The number of benzene rings is 1. The van der Waals surface area contributed by atoms with Crippen molar-refractivity contribution in [2.24, 2.45) is 0 Å². The van der Waals surface area contributed by atoms with Crippen LogP contribution >= 0.6 is 11.6 Å². The van der Waals surface area contributed by atoms with Crippen molar-refractivity contribution in [2.45, 2.75) is 18.9 Å². The molecule has 21 heavy (non-hydrogen) atoms. The average molecular weight is 311 g/mol. The molecule has 0 unspecified atom stereocenters. The molecule has 0 saturated carbocycles. The topological polar surface area (TPSA) is 44.7 Å². The molecule has 116 valence electrons. The van der Waals surface area contributed by atoms with Crippen molar-refractivity contribution in [1.82, 2.24) is 10.2 Å². The lowest BCUT2D eigenvalue weighted by atomic mass is 9.99. The summed E-state index contributed by atoms with van der Waals surface area (Å²) in [7, 11) is 1.54. The van der Waals surface area contributed by atoms with Gasteiger partial charge in [0.15, 0.2) is 11.5 Å². The molecule has 1 aromatic carbocycles. The van der Waals surface area contributed by atoms with Crippen LogP contribution in [0.1, 0.15) is 24.4 Å². The Labute approximate surface area is 131 Å². The molecule has 1 heterocycles. The number of phenolic OH excluding ortho intramolecular Hbond substituents is 1. The van der Waals surface area contributed by atoms with Crippen molar-refractivity contribution in [3.8, 4) is 11.5 Å². The highest BCUT2D eigenvalue weighted by Gasteiger charge is 2.23. The van der Waals surface area contributed by atoms with Gasteiger partial charge in [-0.1, -0.05) is 17.7 Å². The molecule has 4 nitrogen and oxygen atoms in total.